The van der Waals surface area contributed by atoms with Gasteiger partial charge < -0.3 is 20.6 Å². The van der Waals surface area contributed by atoms with Crippen LogP contribution < -0.4 is 10.7 Å². The molecule has 0 bridgehead atoms. The summed E-state index contributed by atoms with van der Waals surface area (Å²) in [7, 11) is 0. The molecule has 3 rings (SSSR count). The zero-order valence-electron chi connectivity index (χ0n) is 15.2. The number of benzene rings is 2. The Kier molecular flexibility index (Phi) is 5.79. The summed E-state index contributed by atoms with van der Waals surface area (Å²) in [5.74, 6) is -2.85. The molecule has 2 aromatic carbocycles. The molecule has 0 aliphatic carbocycles. The van der Waals surface area contributed by atoms with Gasteiger partial charge in [0.05, 0.1) is 10.6 Å². The SMILES string of the molecule is C/C(=N\NC(=O)c1cc(O)c(O)c(O)c1)c1cccc(NC(=O)c2cccs2)c1. The van der Waals surface area contributed by atoms with Gasteiger partial charge in [0.1, 0.15) is 0 Å². The van der Waals surface area contributed by atoms with Crippen molar-refractivity contribution in [3.05, 3.63) is 69.9 Å². The summed E-state index contributed by atoms with van der Waals surface area (Å²) in [5, 5.41) is 37.0. The van der Waals surface area contributed by atoms with Gasteiger partial charge in [-0.1, -0.05) is 18.2 Å². The molecule has 9 heteroatoms. The second-order valence-electron chi connectivity index (χ2n) is 6.01. The van der Waals surface area contributed by atoms with E-state index in [0.29, 0.717) is 21.8 Å². The van der Waals surface area contributed by atoms with Crippen LogP contribution in [0.5, 0.6) is 17.2 Å². The van der Waals surface area contributed by atoms with Crippen molar-refractivity contribution in [2.24, 2.45) is 5.10 Å². The van der Waals surface area contributed by atoms with E-state index in [9.17, 15) is 24.9 Å². The molecule has 0 saturated heterocycles. The van der Waals surface area contributed by atoms with Crippen molar-refractivity contribution in [2.75, 3.05) is 5.32 Å². The Morgan fingerprint density at radius 1 is 0.931 bits per heavy atom. The molecule has 0 spiro atoms. The average Bonchev–Trinajstić information content (AvgIpc) is 3.25. The first kappa shape index (κ1) is 19.9. The van der Waals surface area contributed by atoms with Crippen LogP contribution in [0.2, 0.25) is 0 Å². The number of phenolic OH excluding ortho intramolecular Hbond substituents is 3. The summed E-state index contributed by atoms with van der Waals surface area (Å²) in [6.07, 6.45) is 0. The van der Waals surface area contributed by atoms with Crippen LogP contribution in [0.1, 0.15) is 32.5 Å². The number of thiophene rings is 1. The van der Waals surface area contributed by atoms with Crippen molar-refractivity contribution < 1.29 is 24.9 Å². The highest BCUT2D eigenvalue weighted by atomic mass is 32.1. The minimum atomic E-state index is -0.706. The molecule has 1 aromatic heterocycles. The van der Waals surface area contributed by atoms with Crippen molar-refractivity contribution in [1.82, 2.24) is 5.43 Å². The van der Waals surface area contributed by atoms with Gasteiger partial charge in [-0.05, 0) is 48.2 Å². The highest BCUT2D eigenvalue weighted by Crippen LogP contribution is 2.35. The summed E-state index contributed by atoms with van der Waals surface area (Å²) in [4.78, 5) is 24.9. The quantitative estimate of drug-likeness (QED) is 0.250. The predicted molar refractivity (Wildman–Crippen MR) is 110 cm³/mol. The van der Waals surface area contributed by atoms with E-state index in [0.717, 1.165) is 12.1 Å². The van der Waals surface area contributed by atoms with E-state index in [2.05, 4.69) is 15.8 Å². The van der Waals surface area contributed by atoms with Crippen molar-refractivity contribution in [3.8, 4) is 17.2 Å². The van der Waals surface area contributed by atoms with E-state index in [1.165, 1.54) is 11.3 Å². The molecule has 0 aliphatic rings. The number of amides is 2. The number of phenols is 3. The Labute approximate surface area is 169 Å². The molecule has 1 heterocycles. The molecule has 0 atom stereocenters. The highest BCUT2D eigenvalue weighted by molar-refractivity contribution is 7.12. The number of carbonyl (C=O) groups is 2. The third-order valence-electron chi connectivity index (χ3n) is 3.94. The maximum absolute atomic E-state index is 12.2. The fourth-order valence-corrected chi connectivity index (χ4v) is 3.04. The van der Waals surface area contributed by atoms with Crippen LogP contribution in [-0.2, 0) is 0 Å². The van der Waals surface area contributed by atoms with Gasteiger partial charge in [0, 0.05) is 11.3 Å². The topological polar surface area (TPSA) is 131 Å². The van der Waals surface area contributed by atoms with Gasteiger partial charge in [-0.3, -0.25) is 9.59 Å². The number of carbonyl (C=O) groups excluding carboxylic acids is 2. The second-order valence-corrected chi connectivity index (χ2v) is 6.96. The lowest BCUT2D eigenvalue weighted by atomic mass is 10.1. The van der Waals surface area contributed by atoms with Gasteiger partial charge in [-0.15, -0.1) is 11.3 Å². The van der Waals surface area contributed by atoms with Gasteiger partial charge in [-0.25, -0.2) is 5.43 Å². The molecular formula is C20H17N3O5S. The van der Waals surface area contributed by atoms with Gasteiger partial charge in [0.2, 0.25) is 0 Å². The molecule has 0 radical (unpaired) electrons. The number of hydrazone groups is 1. The van der Waals surface area contributed by atoms with Crippen LogP contribution in [0.15, 0.2) is 59.0 Å². The Morgan fingerprint density at radius 3 is 2.31 bits per heavy atom. The van der Waals surface area contributed by atoms with Crippen LogP contribution in [0, 0.1) is 0 Å². The molecular weight excluding hydrogens is 394 g/mol. The van der Waals surface area contributed by atoms with Crippen molar-refractivity contribution in [3.63, 3.8) is 0 Å². The Balaban J connectivity index is 1.71. The largest absolute Gasteiger partial charge is 0.504 e. The van der Waals surface area contributed by atoms with E-state index in [-0.39, 0.29) is 11.5 Å². The number of nitrogens with one attached hydrogen (secondary N) is 2. The number of hydrogen-bond acceptors (Lipinski definition) is 7. The lowest BCUT2D eigenvalue weighted by Crippen LogP contribution is -2.19. The summed E-state index contributed by atoms with van der Waals surface area (Å²) >= 11 is 1.34. The van der Waals surface area contributed by atoms with Crippen LogP contribution in [-0.4, -0.2) is 32.8 Å². The fraction of sp³-hybridized carbons (Fsp3) is 0.0500. The molecule has 148 valence electrons. The third kappa shape index (κ3) is 4.71. The van der Waals surface area contributed by atoms with Crippen LogP contribution in [0.4, 0.5) is 5.69 Å². The number of hydrogen-bond donors (Lipinski definition) is 5. The maximum atomic E-state index is 12.2. The van der Waals surface area contributed by atoms with E-state index in [1.807, 2.05) is 5.38 Å². The minimum Gasteiger partial charge on any atom is -0.504 e. The summed E-state index contributed by atoms with van der Waals surface area (Å²) in [6, 6.07) is 12.5. The monoisotopic (exact) mass is 411 g/mol. The first-order chi connectivity index (χ1) is 13.8. The number of nitrogens with zero attached hydrogens (tertiary/aromatic N) is 1. The average molecular weight is 411 g/mol. The van der Waals surface area contributed by atoms with Crippen molar-refractivity contribution in [1.29, 1.82) is 0 Å². The Hall–Kier alpha value is -3.85. The molecule has 0 saturated carbocycles. The molecule has 0 aliphatic heterocycles. The van der Waals surface area contributed by atoms with Gasteiger partial charge in [0.25, 0.3) is 11.8 Å². The van der Waals surface area contributed by atoms with E-state index in [1.54, 1.807) is 43.3 Å². The molecule has 0 unspecified atom stereocenters. The first-order valence-corrected chi connectivity index (χ1v) is 9.28. The maximum Gasteiger partial charge on any atom is 0.271 e. The molecule has 8 nitrogen and oxygen atoms in total. The molecule has 5 N–H and O–H groups in total. The Bertz CT molecular complexity index is 1070. The zero-order valence-corrected chi connectivity index (χ0v) is 16.0. The lowest BCUT2D eigenvalue weighted by molar-refractivity contribution is 0.0953. The molecule has 2 amide bonds. The summed E-state index contributed by atoms with van der Waals surface area (Å²) in [5.41, 5.74) is 3.96. The zero-order chi connectivity index (χ0) is 21.0. The normalized spacial score (nSPS) is 11.1. The van der Waals surface area contributed by atoms with Crippen LogP contribution in [0.25, 0.3) is 0 Å². The van der Waals surface area contributed by atoms with Crippen LogP contribution >= 0.6 is 11.3 Å². The fourth-order valence-electron chi connectivity index (χ4n) is 2.42. The van der Waals surface area contributed by atoms with Gasteiger partial charge >= 0.3 is 0 Å². The molecule has 29 heavy (non-hydrogen) atoms. The molecule has 3 aromatic rings. The molecule has 0 fully saturated rings. The minimum absolute atomic E-state index is 0.0775. The Morgan fingerprint density at radius 2 is 1.66 bits per heavy atom. The van der Waals surface area contributed by atoms with Crippen LogP contribution in [0.3, 0.4) is 0 Å². The predicted octanol–water partition coefficient (Wildman–Crippen LogP) is 3.27. The first-order valence-electron chi connectivity index (χ1n) is 8.40. The summed E-state index contributed by atoms with van der Waals surface area (Å²) < 4.78 is 0. The van der Waals surface area contributed by atoms with Gasteiger partial charge in [0.15, 0.2) is 17.2 Å². The number of anilines is 1. The van der Waals surface area contributed by atoms with Crippen molar-refractivity contribution >= 4 is 34.6 Å². The highest BCUT2D eigenvalue weighted by Gasteiger charge is 2.13. The van der Waals surface area contributed by atoms with Gasteiger partial charge in [-0.2, -0.15) is 5.10 Å². The van der Waals surface area contributed by atoms with E-state index >= 15 is 0 Å². The lowest BCUT2D eigenvalue weighted by Gasteiger charge is -2.08. The number of rotatable bonds is 5. The third-order valence-corrected chi connectivity index (χ3v) is 4.81. The van der Waals surface area contributed by atoms with E-state index in [4.69, 9.17) is 0 Å². The second kappa shape index (κ2) is 8.44. The summed E-state index contributed by atoms with van der Waals surface area (Å²) in [6.45, 7) is 1.67. The van der Waals surface area contributed by atoms with Crippen molar-refractivity contribution in [2.45, 2.75) is 6.92 Å². The standard InChI is InChI=1S/C20H17N3O5S/c1-11(22-23-19(27)13-9-15(24)18(26)16(25)10-13)12-4-2-5-14(8-12)21-20(28)17-6-3-7-29-17/h2-10,24-26H,1H3,(H,21,28)(H,23,27)/b22-11+. The smallest absolute Gasteiger partial charge is 0.271 e. The van der Waals surface area contributed by atoms with E-state index < -0.39 is 23.2 Å². The number of aromatic hydroxyl groups is 3.